The van der Waals surface area contributed by atoms with Crippen LogP contribution in [0.1, 0.15) is 11.3 Å². The number of hydrogen-bond acceptors (Lipinski definition) is 5. The van der Waals surface area contributed by atoms with Gasteiger partial charge in [-0.3, -0.25) is 0 Å². The normalized spacial score (nSPS) is 10.7. The van der Waals surface area contributed by atoms with Gasteiger partial charge in [0.2, 0.25) is 0 Å². The van der Waals surface area contributed by atoms with E-state index in [1.165, 1.54) is 24.3 Å². The average molecular weight is 394 g/mol. The van der Waals surface area contributed by atoms with Gasteiger partial charge in [0.05, 0.1) is 5.02 Å². The van der Waals surface area contributed by atoms with Crippen LogP contribution in [0.5, 0.6) is 5.75 Å². The summed E-state index contributed by atoms with van der Waals surface area (Å²) in [5, 5.41) is 3.93. The summed E-state index contributed by atoms with van der Waals surface area (Å²) < 4.78 is 41.6. The molecular weight excluding hydrogens is 380 g/mol. The van der Waals surface area contributed by atoms with Crippen molar-refractivity contribution in [2.24, 2.45) is 0 Å². The fourth-order valence-corrected chi connectivity index (χ4v) is 2.52. The largest absolute Gasteiger partial charge is 0.480 e. The van der Waals surface area contributed by atoms with Gasteiger partial charge in [-0.1, -0.05) is 16.8 Å². The molecule has 5 nitrogen and oxygen atoms in total. The number of nitrogens with zero attached hydrogens (tertiary/aromatic N) is 1. The molecule has 0 bridgehead atoms. The Bertz CT molecular complexity index is 957. The second-order valence-electron chi connectivity index (χ2n) is 5.61. The molecule has 0 saturated carbocycles. The summed E-state index contributed by atoms with van der Waals surface area (Å²) in [6, 6.07) is 9.34. The molecule has 0 unspecified atom stereocenters. The first kappa shape index (κ1) is 18.8. The maximum atomic E-state index is 13.0. The van der Waals surface area contributed by atoms with Gasteiger partial charge in [0.15, 0.2) is 12.4 Å². The molecule has 0 aliphatic heterocycles. The van der Waals surface area contributed by atoms with E-state index < -0.39 is 18.4 Å². The molecule has 1 aromatic heterocycles. The Morgan fingerprint density at radius 1 is 1.15 bits per heavy atom. The third-order valence-electron chi connectivity index (χ3n) is 3.74. The number of carbonyl (C=O) groups excluding carboxylic acids is 1. The van der Waals surface area contributed by atoms with Crippen molar-refractivity contribution in [1.82, 2.24) is 5.16 Å². The van der Waals surface area contributed by atoms with Crippen LogP contribution in [-0.2, 0) is 16.1 Å². The highest BCUT2D eigenvalue weighted by molar-refractivity contribution is 6.32. The van der Waals surface area contributed by atoms with Gasteiger partial charge in [-0.15, -0.1) is 0 Å². The number of ether oxygens (including phenoxy) is 2. The van der Waals surface area contributed by atoms with Gasteiger partial charge in [0.1, 0.15) is 29.7 Å². The average Bonchev–Trinajstić information content (AvgIpc) is 3.00. The molecule has 0 saturated heterocycles. The highest BCUT2D eigenvalue weighted by atomic mass is 35.5. The molecule has 140 valence electrons. The molecule has 0 fully saturated rings. The van der Waals surface area contributed by atoms with Gasteiger partial charge in [-0.05, 0) is 49.4 Å². The Labute approximate surface area is 158 Å². The third kappa shape index (κ3) is 4.62. The number of esters is 1. The summed E-state index contributed by atoms with van der Waals surface area (Å²) >= 11 is 5.81. The minimum absolute atomic E-state index is 0.0547. The van der Waals surface area contributed by atoms with Crippen LogP contribution in [0.4, 0.5) is 8.78 Å². The molecule has 0 aliphatic rings. The SMILES string of the molecule is Cc1c(COC(=O)COc2ccc(F)cc2Cl)noc1-c1ccc(F)cc1. The van der Waals surface area contributed by atoms with Crippen LogP contribution in [0.15, 0.2) is 47.0 Å². The maximum absolute atomic E-state index is 13.0. The van der Waals surface area contributed by atoms with Gasteiger partial charge in [0.25, 0.3) is 0 Å². The van der Waals surface area contributed by atoms with Crippen molar-refractivity contribution < 1.29 is 27.6 Å². The molecule has 0 spiro atoms. The lowest BCUT2D eigenvalue weighted by atomic mass is 10.1. The number of hydrogen-bond donors (Lipinski definition) is 0. The first-order chi connectivity index (χ1) is 12.9. The van der Waals surface area contributed by atoms with Crippen LogP contribution in [0.2, 0.25) is 5.02 Å². The van der Waals surface area contributed by atoms with E-state index in [-0.39, 0.29) is 23.2 Å². The van der Waals surface area contributed by atoms with Gasteiger partial charge in [-0.2, -0.15) is 0 Å². The standard InChI is InChI=1S/C19H14ClF2NO4/c1-11-16(23-27-19(11)12-2-4-13(21)5-3-12)9-26-18(24)10-25-17-7-6-14(22)8-15(17)20/h2-8H,9-10H2,1H3. The lowest BCUT2D eigenvalue weighted by Crippen LogP contribution is -2.15. The summed E-state index contributed by atoms with van der Waals surface area (Å²) in [4.78, 5) is 11.8. The van der Waals surface area contributed by atoms with Crippen molar-refractivity contribution in [1.29, 1.82) is 0 Å². The lowest BCUT2D eigenvalue weighted by molar-refractivity contribution is -0.147. The zero-order chi connectivity index (χ0) is 19.4. The van der Waals surface area contributed by atoms with Crippen molar-refractivity contribution in [3.8, 4) is 17.1 Å². The van der Waals surface area contributed by atoms with Crippen molar-refractivity contribution in [2.45, 2.75) is 13.5 Å². The van der Waals surface area contributed by atoms with Gasteiger partial charge in [-0.25, -0.2) is 13.6 Å². The molecule has 3 aromatic rings. The smallest absolute Gasteiger partial charge is 0.344 e. The van der Waals surface area contributed by atoms with E-state index in [2.05, 4.69) is 5.16 Å². The molecule has 3 rings (SSSR count). The monoisotopic (exact) mass is 393 g/mol. The number of halogens is 3. The zero-order valence-electron chi connectivity index (χ0n) is 14.2. The summed E-state index contributed by atoms with van der Waals surface area (Å²) in [6.07, 6.45) is 0. The fraction of sp³-hybridized carbons (Fsp3) is 0.158. The number of aromatic nitrogens is 1. The van der Waals surface area contributed by atoms with E-state index in [0.29, 0.717) is 22.6 Å². The molecule has 27 heavy (non-hydrogen) atoms. The molecule has 8 heteroatoms. The molecule has 0 radical (unpaired) electrons. The molecular formula is C19H14ClF2NO4. The van der Waals surface area contributed by atoms with E-state index >= 15 is 0 Å². The third-order valence-corrected chi connectivity index (χ3v) is 4.03. The minimum atomic E-state index is -0.652. The molecule has 2 aromatic carbocycles. The summed E-state index contributed by atoms with van der Waals surface area (Å²) in [7, 11) is 0. The van der Waals surface area contributed by atoms with Crippen LogP contribution in [-0.4, -0.2) is 17.7 Å². The lowest BCUT2D eigenvalue weighted by Gasteiger charge is -2.07. The van der Waals surface area contributed by atoms with Crippen molar-refractivity contribution in [2.75, 3.05) is 6.61 Å². The predicted molar refractivity (Wildman–Crippen MR) is 93.3 cm³/mol. The Hall–Kier alpha value is -2.93. The van der Waals surface area contributed by atoms with Crippen LogP contribution in [0, 0.1) is 18.6 Å². The maximum Gasteiger partial charge on any atom is 0.344 e. The Morgan fingerprint density at radius 3 is 2.56 bits per heavy atom. The zero-order valence-corrected chi connectivity index (χ0v) is 14.9. The van der Waals surface area contributed by atoms with Gasteiger partial charge >= 0.3 is 5.97 Å². The highest BCUT2D eigenvalue weighted by Crippen LogP contribution is 2.27. The predicted octanol–water partition coefficient (Wildman–Crippen LogP) is 4.70. The van der Waals surface area contributed by atoms with E-state index in [0.717, 1.165) is 6.07 Å². The van der Waals surface area contributed by atoms with Crippen LogP contribution < -0.4 is 4.74 Å². The quantitative estimate of drug-likeness (QED) is 0.568. The van der Waals surface area contributed by atoms with Crippen LogP contribution >= 0.6 is 11.6 Å². The summed E-state index contributed by atoms with van der Waals surface area (Å²) in [5.41, 5.74) is 1.77. The van der Waals surface area contributed by atoms with E-state index in [9.17, 15) is 13.6 Å². The summed E-state index contributed by atoms with van der Waals surface area (Å²) in [6.45, 7) is 1.25. The van der Waals surface area contributed by atoms with E-state index in [4.69, 9.17) is 25.6 Å². The topological polar surface area (TPSA) is 61.6 Å². The number of benzene rings is 2. The molecule has 0 aliphatic carbocycles. The summed E-state index contributed by atoms with van der Waals surface area (Å²) in [5.74, 6) is -0.873. The Kier molecular flexibility index (Phi) is 5.71. The van der Waals surface area contributed by atoms with Crippen molar-refractivity contribution >= 4 is 17.6 Å². The van der Waals surface area contributed by atoms with E-state index in [1.54, 1.807) is 19.1 Å². The van der Waals surface area contributed by atoms with Crippen molar-refractivity contribution in [3.63, 3.8) is 0 Å². The van der Waals surface area contributed by atoms with Gasteiger partial charge < -0.3 is 14.0 Å². The first-order valence-electron chi connectivity index (χ1n) is 7.88. The van der Waals surface area contributed by atoms with E-state index in [1.807, 2.05) is 0 Å². The van der Waals surface area contributed by atoms with Crippen LogP contribution in [0.25, 0.3) is 11.3 Å². The molecule has 0 amide bonds. The Morgan fingerprint density at radius 2 is 1.85 bits per heavy atom. The second-order valence-corrected chi connectivity index (χ2v) is 6.02. The number of rotatable bonds is 6. The van der Waals surface area contributed by atoms with Gasteiger partial charge in [0, 0.05) is 11.1 Å². The molecule has 1 heterocycles. The second kappa shape index (κ2) is 8.18. The first-order valence-corrected chi connectivity index (χ1v) is 8.26. The fourth-order valence-electron chi connectivity index (χ4n) is 2.29. The minimum Gasteiger partial charge on any atom is -0.480 e. The highest BCUT2D eigenvalue weighted by Gasteiger charge is 2.16. The Balaban J connectivity index is 1.57. The molecule has 0 atom stereocenters. The van der Waals surface area contributed by atoms with Crippen molar-refractivity contribution in [3.05, 3.63) is 70.4 Å². The van der Waals surface area contributed by atoms with Crippen LogP contribution in [0.3, 0.4) is 0 Å². The number of carbonyl (C=O) groups is 1. The molecule has 0 N–H and O–H groups in total.